The number of likely N-dealkylation sites (N-methyl/N-ethyl adjacent to an activating group) is 1. The lowest BCUT2D eigenvalue weighted by Gasteiger charge is -2.24. The number of rotatable bonds is 9. The molecule has 4 nitrogen and oxygen atoms in total. The number of benzene rings is 2. The number of fused-ring (bicyclic) bond motifs is 1. The van der Waals surface area contributed by atoms with E-state index in [1.165, 1.54) is 5.56 Å². The number of nitrogens with zero attached hydrogens (tertiary/aromatic N) is 3. The van der Waals surface area contributed by atoms with Gasteiger partial charge in [0.15, 0.2) is 5.13 Å². The van der Waals surface area contributed by atoms with Crippen molar-refractivity contribution in [1.29, 1.82) is 0 Å². The van der Waals surface area contributed by atoms with Crippen LogP contribution in [0.25, 0.3) is 10.2 Å². The van der Waals surface area contributed by atoms with Crippen LogP contribution in [0.15, 0.2) is 42.5 Å². The Balaban J connectivity index is 0.00000320. The van der Waals surface area contributed by atoms with Gasteiger partial charge < -0.3 is 4.90 Å². The maximum absolute atomic E-state index is 13.2. The van der Waals surface area contributed by atoms with E-state index in [1.54, 1.807) is 11.3 Å². The summed E-state index contributed by atoms with van der Waals surface area (Å²) < 4.78 is 1.02. The van der Waals surface area contributed by atoms with Crippen molar-refractivity contribution in [3.63, 3.8) is 0 Å². The van der Waals surface area contributed by atoms with Crippen LogP contribution >= 0.6 is 35.3 Å². The largest absolute Gasteiger partial charge is 0.302 e. The predicted molar refractivity (Wildman–Crippen MR) is 132 cm³/mol. The van der Waals surface area contributed by atoms with Crippen molar-refractivity contribution in [2.75, 3.05) is 31.1 Å². The first-order valence-electron chi connectivity index (χ1n) is 10.1. The number of halogens is 2. The van der Waals surface area contributed by atoms with Gasteiger partial charge in [0, 0.05) is 24.5 Å². The molecule has 30 heavy (non-hydrogen) atoms. The highest BCUT2D eigenvalue weighted by Gasteiger charge is 2.21. The van der Waals surface area contributed by atoms with E-state index in [-0.39, 0.29) is 18.3 Å². The summed E-state index contributed by atoms with van der Waals surface area (Å²) in [6.45, 7) is 9.72. The molecule has 0 N–H and O–H groups in total. The molecular weight excluding hydrogens is 437 g/mol. The molecule has 0 unspecified atom stereocenters. The Morgan fingerprint density at radius 2 is 1.80 bits per heavy atom. The van der Waals surface area contributed by atoms with Gasteiger partial charge in [-0.1, -0.05) is 67.1 Å². The molecule has 0 atom stereocenters. The first-order chi connectivity index (χ1) is 14.0. The Morgan fingerprint density at radius 1 is 1.10 bits per heavy atom. The Bertz CT molecular complexity index is 958. The molecule has 162 valence electrons. The van der Waals surface area contributed by atoms with Gasteiger partial charge in [0.25, 0.3) is 0 Å². The van der Waals surface area contributed by atoms with Crippen LogP contribution in [0.5, 0.6) is 0 Å². The molecule has 0 bridgehead atoms. The van der Waals surface area contributed by atoms with Crippen LogP contribution in [-0.4, -0.2) is 42.0 Å². The summed E-state index contributed by atoms with van der Waals surface area (Å²) in [6.07, 6.45) is 1.20. The van der Waals surface area contributed by atoms with Gasteiger partial charge in [-0.15, -0.1) is 12.4 Å². The summed E-state index contributed by atoms with van der Waals surface area (Å²) >= 11 is 7.77. The van der Waals surface area contributed by atoms with Crippen LogP contribution < -0.4 is 4.90 Å². The number of hydrogen-bond donors (Lipinski definition) is 0. The lowest BCUT2D eigenvalue weighted by Crippen LogP contribution is -2.39. The number of carbonyl (C=O) groups is 1. The van der Waals surface area contributed by atoms with E-state index in [0.29, 0.717) is 18.0 Å². The smallest absolute Gasteiger partial charge is 0.229 e. The Morgan fingerprint density at radius 3 is 2.47 bits per heavy atom. The van der Waals surface area contributed by atoms with Gasteiger partial charge in [-0.3, -0.25) is 9.69 Å². The minimum atomic E-state index is 0. The van der Waals surface area contributed by atoms with Crippen LogP contribution in [0.2, 0.25) is 5.02 Å². The van der Waals surface area contributed by atoms with Crippen LogP contribution in [0.3, 0.4) is 0 Å². The maximum atomic E-state index is 13.2. The maximum Gasteiger partial charge on any atom is 0.229 e. The minimum absolute atomic E-state index is 0. The van der Waals surface area contributed by atoms with Crippen LogP contribution in [0.4, 0.5) is 5.13 Å². The fourth-order valence-electron chi connectivity index (χ4n) is 3.40. The average Bonchev–Trinajstić information content (AvgIpc) is 3.14. The van der Waals surface area contributed by atoms with Gasteiger partial charge >= 0.3 is 0 Å². The van der Waals surface area contributed by atoms with E-state index in [0.717, 1.165) is 47.0 Å². The fraction of sp³-hybridized carbons (Fsp3) is 0.391. The average molecular weight is 466 g/mol. The molecule has 0 spiro atoms. The summed E-state index contributed by atoms with van der Waals surface area (Å²) in [5.74, 6) is 0.115. The van der Waals surface area contributed by atoms with E-state index in [9.17, 15) is 4.79 Å². The number of thiazole rings is 1. The van der Waals surface area contributed by atoms with Crippen molar-refractivity contribution in [3.8, 4) is 0 Å². The zero-order chi connectivity index (χ0) is 20.8. The molecule has 0 aliphatic heterocycles. The van der Waals surface area contributed by atoms with Crippen molar-refractivity contribution in [2.24, 2.45) is 0 Å². The van der Waals surface area contributed by atoms with Gasteiger partial charge in [0.2, 0.25) is 5.91 Å². The number of aromatic nitrogens is 1. The normalized spacial score (nSPS) is 11.0. The van der Waals surface area contributed by atoms with Gasteiger partial charge in [-0.25, -0.2) is 4.98 Å². The molecule has 0 saturated heterocycles. The molecule has 1 amide bonds. The zero-order valence-corrected chi connectivity index (χ0v) is 20.1. The fourth-order valence-corrected chi connectivity index (χ4v) is 4.86. The minimum Gasteiger partial charge on any atom is -0.302 e. The number of aryl methyl sites for hydroxylation is 2. The lowest BCUT2D eigenvalue weighted by atomic mass is 10.1. The highest BCUT2D eigenvalue weighted by Crippen LogP contribution is 2.33. The third-order valence-corrected chi connectivity index (χ3v) is 6.42. The SMILES string of the molecule is CCN(CC)CCN(C(=O)CCc1ccccc1)c1nc2c(C)cc(Cl)cc2s1.Cl. The topological polar surface area (TPSA) is 36.4 Å². The molecular formula is C23H29Cl2N3OS. The van der Waals surface area contributed by atoms with E-state index in [4.69, 9.17) is 16.6 Å². The zero-order valence-electron chi connectivity index (χ0n) is 17.7. The standard InChI is InChI=1S/C23H28ClN3OS.ClH/c1-4-26(5-2)13-14-27(21(28)12-11-18-9-7-6-8-10-18)23-25-22-17(3)15-19(24)16-20(22)29-23;/h6-10,15-16H,4-5,11-14H2,1-3H3;1H. The molecule has 3 aromatic rings. The van der Waals surface area contributed by atoms with Gasteiger partial charge in [-0.2, -0.15) is 0 Å². The van der Waals surface area contributed by atoms with E-state index >= 15 is 0 Å². The first kappa shape index (κ1) is 24.6. The summed E-state index contributed by atoms with van der Waals surface area (Å²) in [7, 11) is 0. The van der Waals surface area contributed by atoms with Gasteiger partial charge in [0.05, 0.1) is 10.2 Å². The molecule has 3 rings (SSSR count). The van der Waals surface area contributed by atoms with Crippen LogP contribution in [-0.2, 0) is 11.2 Å². The summed E-state index contributed by atoms with van der Waals surface area (Å²) in [6, 6.07) is 14.0. The lowest BCUT2D eigenvalue weighted by molar-refractivity contribution is -0.118. The number of hydrogen-bond acceptors (Lipinski definition) is 4. The molecule has 0 fully saturated rings. The molecule has 1 aromatic heterocycles. The Hall–Kier alpha value is -1.66. The second-order valence-electron chi connectivity index (χ2n) is 7.12. The molecule has 1 heterocycles. The molecule has 7 heteroatoms. The monoisotopic (exact) mass is 465 g/mol. The molecule has 0 saturated carbocycles. The van der Waals surface area contributed by atoms with Gasteiger partial charge in [0.1, 0.15) is 0 Å². The molecule has 2 aromatic carbocycles. The number of amides is 1. The van der Waals surface area contributed by atoms with Crippen LogP contribution in [0.1, 0.15) is 31.4 Å². The highest BCUT2D eigenvalue weighted by molar-refractivity contribution is 7.22. The second kappa shape index (κ2) is 11.7. The molecule has 0 aliphatic carbocycles. The Labute approximate surface area is 194 Å². The summed E-state index contributed by atoms with van der Waals surface area (Å²) in [5.41, 5.74) is 3.14. The third kappa shape index (κ3) is 6.17. The van der Waals surface area contributed by atoms with Crippen molar-refractivity contribution in [1.82, 2.24) is 9.88 Å². The number of anilines is 1. The van der Waals surface area contributed by atoms with E-state index in [1.807, 2.05) is 42.2 Å². The first-order valence-corrected chi connectivity index (χ1v) is 11.3. The summed E-state index contributed by atoms with van der Waals surface area (Å²) in [4.78, 5) is 22.2. The van der Waals surface area contributed by atoms with E-state index < -0.39 is 0 Å². The van der Waals surface area contributed by atoms with Crippen molar-refractivity contribution >= 4 is 56.6 Å². The molecule has 0 radical (unpaired) electrons. The second-order valence-corrected chi connectivity index (χ2v) is 8.57. The molecule has 0 aliphatic rings. The number of carbonyl (C=O) groups excluding carboxylic acids is 1. The quantitative estimate of drug-likeness (QED) is 0.389. The third-order valence-electron chi connectivity index (χ3n) is 5.18. The Kier molecular flexibility index (Phi) is 9.56. The van der Waals surface area contributed by atoms with Gasteiger partial charge in [-0.05, 0) is 49.7 Å². The van der Waals surface area contributed by atoms with E-state index in [2.05, 4.69) is 30.9 Å². The van der Waals surface area contributed by atoms with Crippen molar-refractivity contribution in [2.45, 2.75) is 33.6 Å². The van der Waals surface area contributed by atoms with Crippen molar-refractivity contribution < 1.29 is 4.79 Å². The summed E-state index contributed by atoms with van der Waals surface area (Å²) in [5, 5.41) is 1.46. The predicted octanol–water partition coefficient (Wildman–Crippen LogP) is 5.99. The highest BCUT2D eigenvalue weighted by atomic mass is 35.5. The van der Waals surface area contributed by atoms with Crippen molar-refractivity contribution in [3.05, 3.63) is 58.6 Å². The van der Waals surface area contributed by atoms with Crippen LogP contribution in [0, 0.1) is 6.92 Å².